The smallest absolute Gasteiger partial charge is 0.261 e. The minimum Gasteiger partial charge on any atom is -0.507 e. The summed E-state index contributed by atoms with van der Waals surface area (Å²) in [4.78, 5) is 15.2. The minimum atomic E-state index is -0.324. The Morgan fingerprint density at radius 2 is 2.33 bits per heavy atom. The van der Waals surface area contributed by atoms with Gasteiger partial charge in [0.05, 0.1) is 42.8 Å². The van der Waals surface area contributed by atoms with E-state index in [0.29, 0.717) is 42.0 Å². The number of phenolic OH excluding ortho intramolecular Hbond substituents is 1. The molecule has 2 atom stereocenters. The average molecular weight is 408 g/mol. The first-order valence-corrected chi connectivity index (χ1v) is 9.33. The predicted molar refractivity (Wildman–Crippen MR) is 109 cm³/mol. The lowest BCUT2D eigenvalue weighted by molar-refractivity contribution is 0.0359. The lowest BCUT2D eigenvalue weighted by Crippen LogP contribution is -2.30. The Morgan fingerprint density at radius 1 is 1.50 bits per heavy atom. The van der Waals surface area contributed by atoms with Crippen LogP contribution in [-0.2, 0) is 9.47 Å². The van der Waals surface area contributed by atoms with Gasteiger partial charge in [0.25, 0.3) is 5.56 Å². The van der Waals surface area contributed by atoms with Crippen molar-refractivity contribution < 1.29 is 14.6 Å². The number of hydrogen-bond acceptors (Lipinski definition) is 8. The maximum absolute atomic E-state index is 12.6. The zero-order valence-corrected chi connectivity index (χ0v) is 16.2. The highest BCUT2D eigenvalue weighted by Crippen LogP contribution is 2.32. The number of nitrogens with zero attached hydrogens (tertiary/aromatic N) is 3. The third kappa shape index (κ3) is 3.35. The number of phenols is 1. The van der Waals surface area contributed by atoms with E-state index in [4.69, 9.17) is 14.9 Å². The van der Waals surface area contributed by atoms with E-state index < -0.39 is 0 Å². The van der Waals surface area contributed by atoms with Gasteiger partial charge in [-0.2, -0.15) is 10.4 Å². The van der Waals surface area contributed by atoms with Gasteiger partial charge in [0.1, 0.15) is 11.1 Å². The highest BCUT2D eigenvalue weighted by atomic mass is 16.5. The third-order valence-electron chi connectivity index (χ3n) is 5.14. The molecule has 4 rings (SSSR count). The number of rotatable bonds is 4. The SMILES string of the molecule is COC(=N)c1cc(Nc2nn([C@H]3COCCC3C#N)c3cc[nH]c(=O)c23)ccc1O. The minimum absolute atomic E-state index is 0.100. The van der Waals surface area contributed by atoms with E-state index in [2.05, 4.69) is 21.5 Å². The molecule has 1 fully saturated rings. The number of hydrogen-bond donors (Lipinski definition) is 4. The molecule has 1 aliphatic heterocycles. The number of ether oxygens (including phenoxy) is 2. The van der Waals surface area contributed by atoms with Crippen molar-refractivity contribution in [3.63, 3.8) is 0 Å². The van der Waals surface area contributed by atoms with E-state index in [1.54, 1.807) is 16.8 Å². The highest BCUT2D eigenvalue weighted by molar-refractivity contribution is 5.96. The predicted octanol–water partition coefficient (Wildman–Crippen LogP) is 2.25. The molecule has 3 aromatic rings. The van der Waals surface area contributed by atoms with E-state index in [0.717, 1.165) is 0 Å². The summed E-state index contributed by atoms with van der Waals surface area (Å²) in [5, 5.41) is 35.4. The molecular formula is C20H20N6O4. The van der Waals surface area contributed by atoms with E-state index in [1.165, 1.54) is 25.4 Å². The number of pyridine rings is 1. The van der Waals surface area contributed by atoms with Crippen molar-refractivity contribution in [2.75, 3.05) is 25.6 Å². The van der Waals surface area contributed by atoms with Crippen LogP contribution >= 0.6 is 0 Å². The van der Waals surface area contributed by atoms with Gasteiger partial charge in [-0.15, -0.1) is 0 Å². The summed E-state index contributed by atoms with van der Waals surface area (Å²) in [6.07, 6.45) is 2.13. The fourth-order valence-corrected chi connectivity index (χ4v) is 3.60. The van der Waals surface area contributed by atoms with Gasteiger partial charge >= 0.3 is 0 Å². The molecular weight excluding hydrogens is 388 g/mol. The monoisotopic (exact) mass is 408 g/mol. The van der Waals surface area contributed by atoms with Crippen LogP contribution in [0.2, 0.25) is 0 Å². The highest BCUT2D eigenvalue weighted by Gasteiger charge is 2.30. The molecule has 1 aromatic carbocycles. The molecule has 30 heavy (non-hydrogen) atoms. The normalized spacial score (nSPS) is 18.7. The molecule has 0 bridgehead atoms. The van der Waals surface area contributed by atoms with Gasteiger partial charge in [0.15, 0.2) is 5.82 Å². The van der Waals surface area contributed by atoms with Crippen LogP contribution in [0.5, 0.6) is 5.75 Å². The van der Waals surface area contributed by atoms with Gasteiger partial charge in [0.2, 0.25) is 5.90 Å². The number of aromatic nitrogens is 3. The molecule has 0 amide bonds. The standard InChI is InChI=1S/C20H20N6O4/c1-29-18(22)13-8-12(2-3-16(13)27)24-19-17-14(4-6-23-20(17)28)26(25-19)15-10-30-7-5-11(15)9-21/h2-4,6,8,11,15,22,27H,5,7,10H2,1H3,(H,23,28)(H,24,25)/t11?,15-/m0/s1. The molecule has 10 heteroatoms. The lowest BCUT2D eigenvalue weighted by Gasteiger charge is -2.27. The van der Waals surface area contributed by atoms with Crippen molar-refractivity contribution in [2.45, 2.75) is 12.5 Å². The van der Waals surface area contributed by atoms with Crippen molar-refractivity contribution in [1.29, 1.82) is 10.7 Å². The van der Waals surface area contributed by atoms with Crippen LogP contribution in [0.25, 0.3) is 10.9 Å². The number of anilines is 2. The maximum Gasteiger partial charge on any atom is 0.261 e. The number of benzene rings is 1. The first-order valence-electron chi connectivity index (χ1n) is 9.33. The molecule has 0 aliphatic carbocycles. The molecule has 3 heterocycles. The molecule has 0 saturated carbocycles. The fourth-order valence-electron chi connectivity index (χ4n) is 3.60. The zero-order valence-electron chi connectivity index (χ0n) is 16.2. The van der Waals surface area contributed by atoms with Crippen LogP contribution in [0.1, 0.15) is 18.0 Å². The Hall–Kier alpha value is -3.84. The summed E-state index contributed by atoms with van der Waals surface area (Å²) in [5.41, 5.74) is 0.970. The Kier molecular flexibility index (Phi) is 5.12. The summed E-state index contributed by atoms with van der Waals surface area (Å²) in [7, 11) is 1.34. The Bertz CT molecular complexity index is 1210. The molecule has 0 spiro atoms. The van der Waals surface area contributed by atoms with Crippen molar-refractivity contribution in [3.05, 3.63) is 46.4 Å². The van der Waals surface area contributed by atoms with E-state index in [9.17, 15) is 15.2 Å². The van der Waals surface area contributed by atoms with Crippen LogP contribution in [0.15, 0.2) is 35.3 Å². The van der Waals surface area contributed by atoms with Gasteiger partial charge in [-0.25, -0.2) is 0 Å². The number of methoxy groups -OCH3 is 1. The first kappa shape index (κ1) is 19.5. The second-order valence-electron chi connectivity index (χ2n) is 6.92. The van der Waals surface area contributed by atoms with E-state index in [-0.39, 0.29) is 34.7 Å². The number of aromatic amines is 1. The molecule has 10 nitrogen and oxygen atoms in total. The molecule has 154 valence electrons. The topological polar surface area (TPSA) is 149 Å². The zero-order chi connectivity index (χ0) is 21.3. The summed E-state index contributed by atoms with van der Waals surface area (Å²) >= 11 is 0. The van der Waals surface area contributed by atoms with E-state index >= 15 is 0 Å². The third-order valence-corrected chi connectivity index (χ3v) is 5.14. The van der Waals surface area contributed by atoms with Crippen molar-refractivity contribution >= 4 is 28.3 Å². The number of nitrogens with one attached hydrogen (secondary N) is 3. The summed E-state index contributed by atoms with van der Waals surface area (Å²) in [6, 6.07) is 8.29. The number of aromatic hydroxyl groups is 1. The second kappa shape index (κ2) is 7.88. The first-order chi connectivity index (χ1) is 14.5. The van der Waals surface area contributed by atoms with Crippen LogP contribution in [0.3, 0.4) is 0 Å². The van der Waals surface area contributed by atoms with Crippen molar-refractivity contribution in [2.24, 2.45) is 5.92 Å². The quantitative estimate of drug-likeness (QED) is 0.294. The molecule has 0 radical (unpaired) electrons. The number of H-pyrrole nitrogens is 1. The van der Waals surface area contributed by atoms with Crippen LogP contribution in [-0.4, -0.2) is 46.1 Å². The van der Waals surface area contributed by atoms with Crippen molar-refractivity contribution in [1.82, 2.24) is 14.8 Å². The lowest BCUT2D eigenvalue weighted by atomic mass is 9.96. The van der Waals surface area contributed by atoms with Gasteiger partial charge in [-0.05, 0) is 30.7 Å². The molecule has 4 N–H and O–H groups in total. The number of fused-ring (bicyclic) bond motifs is 1. The average Bonchev–Trinajstić information content (AvgIpc) is 3.13. The Labute approximate surface area is 171 Å². The number of nitriles is 1. The molecule has 2 aromatic heterocycles. The van der Waals surface area contributed by atoms with Crippen LogP contribution in [0.4, 0.5) is 11.5 Å². The van der Waals surface area contributed by atoms with Gasteiger partial charge < -0.3 is 24.9 Å². The summed E-state index contributed by atoms with van der Waals surface area (Å²) in [5.74, 6) is -0.274. The fraction of sp³-hybridized carbons (Fsp3) is 0.300. The molecule has 1 aliphatic rings. The largest absolute Gasteiger partial charge is 0.507 e. The van der Waals surface area contributed by atoms with Crippen molar-refractivity contribution in [3.8, 4) is 11.8 Å². The Balaban J connectivity index is 1.80. The van der Waals surface area contributed by atoms with Gasteiger partial charge in [0, 0.05) is 18.5 Å². The van der Waals surface area contributed by atoms with Gasteiger partial charge in [-0.1, -0.05) is 0 Å². The van der Waals surface area contributed by atoms with E-state index in [1.807, 2.05) is 0 Å². The Morgan fingerprint density at radius 3 is 3.10 bits per heavy atom. The second-order valence-corrected chi connectivity index (χ2v) is 6.92. The van der Waals surface area contributed by atoms with Crippen LogP contribution in [0, 0.1) is 22.7 Å². The van der Waals surface area contributed by atoms with Crippen LogP contribution < -0.4 is 10.9 Å². The molecule has 1 unspecified atom stereocenters. The maximum atomic E-state index is 12.6. The van der Waals surface area contributed by atoms with Gasteiger partial charge in [-0.3, -0.25) is 14.9 Å². The summed E-state index contributed by atoms with van der Waals surface area (Å²) < 4.78 is 12.1. The molecule has 1 saturated heterocycles. The summed E-state index contributed by atoms with van der Waals surface area (Å²) in [6.45, 7) is 0.844.